The van der Waals surface area contributed by atoms with Crippen LogP contribution in [0, 0.1) is 0 Å². The Bertz CT molecular complexity index is 368. The van der Waals surface area contributed by atoms with Gasteiger partial charge in [0.1, 0.15) is 0 Å². The normalized spacial score (nSPS) is 12.6. The first kappa shape index (κ1) is 8.90. The van der Waals surface area contributed by atoms with E-state index in [-0.39, 0.29) is 6.04 Å². The van der Waals surface area contributed by atoms with Gasteiger partial charge in [0.25, 0.3) is 0 Å². The fourth-order valence-electron chi connectivity index (χ4n) is 1.34. The van der Waals surface area contributed by atoms with Crippen LogP contribution >= 0.6 is 0 Å². The predicted molar refractivity (Wildman–Crippen MR) is 53.4 cm³/mol. The molecule has 1 atom stereocenters. The summed E-state index contributed by atoms with van der Waals surface area (Å²) in [4.78, 5) is 0. The summed E-state index contributed by atoms with van der Waals surface area (Å²) in [6, 6.07) is 9.94. The van der Waals surface area contributed by atoms with Crippen molar-refractivity contribution in [3.05, 3.63) is 48.3 Å². The van der Waals surface area contributed by atoms with Crippen molar-refractivity contribution in [1.29, 1.82) is 0 Å². The molecule has 0 aliphatic rings. The molecule has 72 valence electrons. The topological polar surface area (TPSA) is 56.7 Å². The summed E-state index contributed by atoms with van der Waals surface area (Å²) < 4.78 is 1.73. The lowest BCUT2D eigenvalue weighted by atomic mass is 10.1. The van der Waals surface area contributed by atoms with Crippen molar-refractivity contribution in [3.8, 4) is 0 Å². The summed E-state index contributed by atoms with van der Waals surface area (Å²) in [6.45, 7) is 0.657. The SMILES string of the molecule is N[C@@H](Cn1ccnn1)c1ccccc1. The maximum Gasteiger partial charge on any atom is 0.0692 e. The highest BCUT2D eigenvalue weighted by atomic mass is 15.4. The zero-order valence-electron chi connectivity index (χ0n) is 7.74. The molecule has 14 heavy (non-hydrogen) atoms. The van der Waals surface area contributed by atoms with Crippen LogP contribution in [0.4, 0.5) is 0 Å². The third-order valence-corrected chi connectivity index (χ3v) is 2.08. The van der Waals surface area contributed by atoms with E-state index < -0.39 is 0 Å². The van der Waals surface area contributed by atoms with Gasteiger partial charge in [-0.25, -0.2) is 0 Å². The molecule has 0 unspecified atom stereocenters. The molecule has 0 radical (unpaired) electrons. The Morgan fingerprint density at radius 2 is 2.07 bits per heavy atom. The first-order chi connectivity index (χ1) is 6.86. The lowest BCUT2D eigenvalue weighted by molar-refractivity contribution is 0.513. The van der Waals surface area contributed by atoms with E-state index in [1.165, 1.54) is 0 Å². The van der Waals surface area contributed by atoms with Crippen LogP contribution in [0.15, 0.2) is 42.7 Å². The Labute approximate surface area is 82.4 Å². The molecule has 1 aromatic heterocycles. The molecule has 0 fully saturated rings. The van der Waals surface area contributed by atoms with E-state index in [2.05, 4.69) is 10.3 Å². The molecule has 0 saturated carbocycles. The zero-order chi connectivity index (χ0) is 9.80. The van der Waals surface area contributed by atoms with Crippen molar-refractivity contribution in [1.82, 2.24) is 15.0 Å². The highest BCUT2D eigenvalue weighted by Crippen LogP contribution is 2.10. The first-order valence-corrected chi connectivity index (χ1v) is 4.51. The molecule has 0 aliphatic heterocycles. The van der Waals surface area contributed by atoms with Crippen LogP contribution in [0.2, 0.25) is 0 Å². The van der Waals surface area contributed by atoms with E-state index in [0.717, 1.165) is 5.56 Å². The third kappa shape index (κ3) is 1.97. The lowest BCUT2D eigenvalue weighted by Gasteiger charge is -2.10. The molecule has 1 aromatic carbocycles. The summed E-state index contributed by atoms with van der Waals surface area (Å²) >= 11 is 0. The molecule has 2 rings (SSSR count). The molecule has 0 aliphatic carbocycles. The Kier molecular flexibility index (Phi) is 2.55. The van der Waals surface area contributed by atoms with Gasteiger partial charge < -0.3 is 5.73 Å². The number of nitrogens with two attached hydrogens (primary N) is 1. The largest absolute Gasteiger partial charge is 0.322 e. The molecular weight excluding hydrogens is 176 g/mol. The number of aromatic nitrogens is 3. The van der Waals surface area contributed by atoms with Crippen LogP contribution in [0.5, 0.6) is 0 Å². The Morgan fingerprint density at radius 1 is 1.29 bits per heavy atom. The van der Waals surface area contributed by atoms with Crippen molar-refractivity contribution in [2.45, 2.75) is 12.6 Å². The van der Waals surface area contributed by atoms with E-state index >= 15 is 0 Å². The molecular formula is C10H12N4. The number of benzene rings is 1. The van der Waals surface area contributed by atoms with Gasteiger partial charge in [0, 0.05) is 12.2 Å². The predicted octanol–water partition coefficient (Wildman–Crippen LogP) is 0.978. The molecule has 0 bridgehead atoms. The van der Waals surface area contributed by atoms with Gasteiger partial charge in [0.15, 0.2) is 0 Å². The smallest absolute Gasteiger partial charge is 0.0692 e. The minimum Gasteiger partial charge on any atom is -0.322 e. The third-order valence-electron chi connectivity index (χ3n) is 2.08. The number of rotatable bonds is 3. The second kappa shape index (κ2) is 4.02. The van der Waals surface area contributed by atoms with E-state index in [1.54, 1.807) is 10.9 Å². The summed E-state index contributed by atoms with van der Waals surface area (Å²) in [5, 5.41) is 7.59. The van der Waals surface area contributed by atoms with Gasteiger partial charge in [0.05, 0.1) is 12.7 Å². The monoisotopic (exact) mass is 188 g/mol. The highest BCUT2D eigenvalue weighted by molar-refractivity contribution is 5.18. The van der Waals surface area contributed by atoms with Gasteiger partial charge in [0.2, 0.25) is 0 Å². The first-order valence-electron chi connectivity index (χ1n) is 4.51. The summed E-state index contributed by atoms with van der Waals surface area (Å²) in [5.74, 6) is 0. The van der Waals surface area contributed by atoms with E-state index in [4.69, 9.17) is 5.73 Å². The Morgan fingerprint density at radius 3 is 2.71 bits per heavy atom. The quantitative estimate of drug-likeness (QED) is 0.781. The van der Waals surface area contributed by atoms with Crippen LogP contribution in [0.3, 0.4) is 0 Å². The van der Waals surface area contributed by atoms with Gasteiger partial charge in [-0.2, -0.15) is 0 Å². The molecule has 4 nitrogen and oxygen atoms in total. The van der Waals surface area contributed by atoms with E-state index in [1.807, 2.05) is 36.5 Å². The maximum absolute atomic E-state index is 6.00. The molecule has 2 N–H and O–H groups in total. The van der Waals surface area contributed by atoms with Gasteiger partial charge in [-0.3, -0.25) is 4.68 Å². The van der Waals surface area contributed by atoms with Crippen molar-refractivity contribution >= 4 is 0 Å². The minimum absolute atomic E-state index is 0.0297. The lowest BCUT2D eigenvalue weighted by Crippen LogP contribution is -2.17. The van der Waals surface area contributed by atoms with Crippen LogP contribution in [-0.4, -0.2) is 15.0 Å². The number of hydrogen-bond acceptors (Lipinski definition) is 3. The summed E-state index contributed by atoms with van der Waals surface area (Å²) in [6.07, 6.45) is 3.46. The zero-order valence-corrected chi connectivity index (χ0v) is 7.74. The summed E-state index contributed by atoms with van der Waals surface area (Å²) in [5.41, 5.74) is 7.11. The molecule has 0 spiro atoms. The van der Waals surface area contributed by atoms with E-state index in [9.17, 15) is 0 Å². The van der Waals surface area contributed by atoms with Crippen molar-refractivity contribution in [2.75, 3.05) is 0 Å². The average Bonchev–Trinajstić information content (AvgIpc) is 2.72. The van der Waals surface area contributed by atoms with Gasteiger partial charge in [-0.1, -0.05) is 35.5 Å². The van der Waals surface area contributed by atoms with Crippen molar-refractivity contribution in [3.63, 3.8) is 0 Å². The minimum atomic E-state index is -0.0297. The second-order valence-corrected chi connectivity index (χ2v) is 3.14. The fourth-order valence-corrected chi connectivity index (χ4v) is 1.34. The summed E-state index contributed by atoms with van der Waals surface area (Å²) in [7, 11) is 0. The van der Waals surface area contributed by atoms with Gasteiger partial charge in [-0.05, 0) is 5.56 Å². The molecule has 4 heteroatoms. The van der Waals surface area contributed by atoms with Crippen LogP contribution in [0.1, 0.15) is 11.6 Å². The van der Waals surface area contributed by atoms with E-state index in [0.29, 0.717) is 6.54 Å². The number of nitrogens with zero attached hydrogens (tertiary/aromatic N) is 3. The van der Waals surface area contributed by atoms with Crippen molar-refractivity contribution in [2.24, 2.45) is 5.73 Å². The second-order valence-electron chi connectivity index (χ2n) is 3.14. The average molecular weight is 188 g/mol. The number of hydrogen-bond donors (Lipinski definition) is 1. The molecule has 2 aromatic rings. The molecule has 0 saturated heterocycles. The highest BCUT2D eigenvalue weighted by Gasteiger charge is 2.05. The maximum atomic E-state index is 6.00. The Hall–Kier alpha value is -1.68. The molecule has 0 amide bonds. The van der Waals surface area contributed by atoms with Crippen LogP contribution < -0.4 is 5.73 Å². The standard InChI is InChI=1S/C10H12N4/c11-10(8-14-7-6-12-13-14)9-4-2-1-3-5-9/h1-7,10H,8,11H2/t10-/m0/s1. The van der Waals surface area contributed by atoms with Gasteiger partial charge in [-0.15, -0.1) is 5.10 Å². The fraction of sp³-hybridized carbons (Fsp3) is 0.200. The van der Waals surface area contributed by atoms with Gasteiger partial charge >= 0.3 is 0 Å². The van der Waals surface area contributed by atoms with Crippen molar-refractivity contribution < 1.29 is 0 Å². The molecule has 1 heterocycles. The van der Waals surface area contributed by atoms with Crippen LogP contribution in [0.25, 0.3) is 0 Å². The Balaban J connectivity index is 2.07. The van der Waals surface area contributed by atoms with Crippen LogP contribution in [-0.2, 0) is 6.54 Å².